The second kappa shape index (κ2) is 10.5. The summed E-state index contributed by atoms with van der Waals surface area (Å²) < 4.78 is 11.4. The first-order chi connectivity index (χ1) is 15.2. The van der Waals surface area contributed by atoms with Gasteiger partial charge in [0.15, 0.2) is 6.10 Å². The Labute approximate surface area is 191 Å². The maximum atomic E-state index is 11.6. The van der Waals surface area contributed by atoms with E-state index in [4.69, 9.17) is 14.6 Å². The molecule has 0 aliphatic carbocycles. The molecule has 2 aromatic carbocycles. The van der Waals surface area contributed by atoms with Gasteiger partial charge in [0.25, 0.3) is 0 Å². The third kappa shape index (κ3) is 5.69. The fourth-order valence-electron chi connectivity index (χ4n) is 3.85. The number of hydrogen-bond acceptors (Lipinski definition) is 7. The van der Waals surface area contributed by atoms with Crippen molar-refractivity contribution in [2.45, 2.75) is 56.5 Å². The molecule has 7 nitrogen and oxygen atoms in total. The fraction of sp³-hybridized carbons (Fsp3) is 0.417. The molecule has 3 rings (SSSR count). The molecule has 0 amide bonds. The van der Waals surface area contributed by atoms with E-state index in [-0.39, 0.29) is 6.42 Å². The normalized spacial score (nSPS) is 25.3. The number of aryl methyl sites for hydroxylation is 1. The van der Waals surface area contributed by atoms with E-state index < -0.39 is 41.8 Å². The lowest BCUT2D eigenvalue weighted by atomic mass is 9.90. The highest BCUT2D eigenvalue weighted by molar-refractivity contribution is 7.99. The molecule has 0 saturated carbocycles. The van der Waals surface area contributed by atoms with Crippen molar-refractivity contribution < 1.29 is 34.4 Å². The smallest absolute Gasteiger partial charge is 0.307 e. The lowest BCUT2D eigenvalue weighted by Crippen LogP contribution is -2.54. The molecule has 1 aliphatic heterocycles. The summed E-state index contributed by atoms with van der Waals surface area (Å²) in [5, 5.41) is 29.9. The Bertz CT molecular complexity index is 959. The van der Waals surface area contributed by atoms with Crippen LogP contribution in [0.15, 0.2) is 42.5 Å². The van der Waals surface area contributed by atoms with E-state index in [0.717, 1.165) is 27.8 Å². The minimum absolute atomic E-state index is 0.0177. The van der Waals surface area contributed by atoms with Crippen LogP contribution in [-0.4, -0.2) is 57.3 Å². The van der Waals surface area contributed by atoms with E-state index >= 15 is 0 Å². The summed E-state index contributed by atoms with van der Waals surface area (Å²) in [5.41, 5.74) is 3.93. The van der Waals surface area contributed by atoms with E-state index in [1.165, 1.54) is 18.7 Å². The zero-order valence-corrected chi connectivity index (χ0v) is 19.0. The summed E-state index contributed by atoms with van der Waals surface area (Å²) in [6.45, 7) is 3.25. The van der Waals surface area contributed by atoms with Crippen LogP contribution in [0.3, 0.4) is 0 Å². The number of carboxylic acid groups (broad SMARTS) is 1. The highest BCUT2D eigenvalue weighted by Crippen LogP contribution is 2.38. The van der Waals surface area contributed by atoms with Gasteiger partial charge in [0, 0.05) is 6.92 Å². The minimum Gasteiger partial charge on any atom is -0.481 e. The molecule has 2 aromatic rings. The van der Waals surface area contributed by atoms with Gasteiger partial charge in [-0.3, -0.25) is 9.59 Å². The molecule has 1 saturated heterocycles. The summed E-state index contributed by atoms with van der Waals surface area (Å²) in [6.07, 6.45) is -1.84. The maximum absolute atomic E-state index is 11.6. The topological polar surface area (TPSA) is 113 Å². The van der Waals surface area contributed by atoms with Crippen molar-refractivity contribution in [1.82, 2.24) is 0 Å². The number of benzene rings is 2. The number of esters is 1. The first-order valence-electron chi connectivity index (χ1n) is 10.3. The summed E-state index contributed by atoms with van der Waals surface area (Å²) >= 11 is 1.28. The van der Waals surface area contributed by atoms with Crippen LogP contribution in [0.25, 0.3) is 0 Å². The minimum atomic E-state index is -1.28. The van der Waals surface area contributed by atoms with Gasteiger partial charge < -0.3 is 24.8 Å². The van der Waals surface area contributed by atoms with Gasteiger partial charge in [-0.2, -0.15) is 0 Å². The maximum Gasteiger partial charge on any atom is 0.307 e. The molecule has 0 aromatic heterocycles. The largest absolute Gasteiger partial charge is 0.481 e. The highest BCUT2D eigenvalue weighted by atomic mass is 32.2. The summed E-state index contributed by atoms with van der Waals surface area (Å²) in [4.78, 5) is 22.5. The summed E-state index contributed by atoms with van der Waals surface area (Å²) in [7, 11) is 0. The van der Waals surface area contributed by atoms with Crippen LogP contribution >= 0.6 is 11.8 Å². The number of hydrogen-bond donors (Lipinski definition) is 3. The van der Waals surface area contributed by atoms with Crippen molar-refractivity contribution >= 4 is 23.7 Å². The van der Waals surface area contributed by atoms with Gasteiger partial charge in [0.05, 0.1) is 6.42 Å². The lowest BCUT2D eigenvalue weighted by molar-refractivity contribution is -0.216. The van der Waals surface area contributed by atoms with Crippen LogP contribution < -0.4 is 0 Å². The second-order valence-electron chi connectivity index (χ2n) is 7.97. The van der Waals surface area contributed by atoms with Crippen LogP contribution in [0.4, 0.5) is 0 Å². The van der Waals surface area contributed by atoms with Crippen molar-refractivity contribution in [3.63, 3.8) is 0 Å². The molecule has 0 radical (unpaired) electrons. The van der Waals surface area contributed by atoms with Crippen molar-refractivity contribution in [2.24, 2.45) is 0 Å². The van der Waals surface area contributed by atoms with E-state index in [2.05, 4.69) is 0 Å². The predicted octanol–water partition coefficient (Wildman–Crippen LogP) is 2.63. The second-order valence-corrected chi connectivity index (χ2v) is 8.90. The third-order valence-electron chi connectivity index (χ3n) is 5.55. The van der Waals surface area contributed by atoms with E-state index in [9.17, 15) is 19.8 Å². The quantitative estimate of drug-likeness (QED) is 0.541. The first-order valence-corrected chi connectivity index (χ1v) is 11.6. The average molecular weight is 461 g/mol. The fourth-order valence-corrected chi connectivity index (χ4v) is 4.52. The zero-order chi connectivity index (χ0) is 23.4. The number of rotatable bonds is 7. The number of ether oxygens (including phenoxy) is 2. The average Bonchev–Trinajstić information content (AvgIpc) is 2.74. The van der Waals surface area contributed by atoms with Crippen molar-refractivity contribution in [3.8, 4) is 0 Å². The van der Waals surface area contributed by atoms with Gasteiger partial charge in [-0.05, 0) is 47.4 Å². The molecular weight excluding hydrogens is 432 g/mol. The van der Waals surface area contributed by atoms with Gasteiger partial charge in [0.1, 0.15) is 23.7 Å². The molecule has 0 bridgehead atoms. The van der Waals surface area contributed by atoms with Crippen molar-refractivity contribution in [1.29, 1.82) is 0 Å². The van der Waals surface area contributed by atoms with E-state index in [0.29, 0.717) is 6.42 Å². The van der Waals surface area contributed by atoms with Gasteiger partial charge in [-0.25, -0.2) is 0 Å². The monoisotopic (exact) mass is 460 g/mol. The van der Waals surface area contributed by atoms with Crippen LogP contribution in [0.5, 0.6) is 0 Å². The van der Waals surface area contributed by atoms with Crippen molar-refractivity contribution in [2.75, 3.05) is 6.26 Å². The molecule has 3 N–H and O–H groups in total. The molecule has 1 aliphatic rings. The molecule has 1 heterocycles. The van der Waals surface area contributed by atoms with Gasteiger partial charge >= 0.3 is 11.9 Å². The standard InChI is InChI=1S/C24H28O7S/c1-13-4-9-17(12-18(13)10-15-5-7-16(8-6-15)11-19(26)27)22-23(30-14(2)25)20(28)21(29)24(31-22)32-3/h4-9,12,20-24,28-29H,10-11H2,1-3H3,(H,26,27)/t20-,21-,22-,23+,24+/m0/s1. The summed E-state index contributed by atoms with van der Waals surface area (Å²) in [6, 6.07) is 13.2. The molecule has 0 spiro atoms. The van der Waals surface area contributed by atoms with Gasteiger partial charge in [-0.15, -0.1) is 11.8 Å². The van der Waals surface area contributed by atoms with Crippen LogP contribution in [0.1, 0.15) is 40.8 Å². The predicted molar refractivity (Wildman–Crippen MR) is 120 cm³/mol. The first kappa shape index (κ1) is 24.3. The number of thioether (sulfide) groups is 1. The number of carboxylic acids is 1. The Morgan fingerprint density at radius 2 is 1.72 bits per heavy atom. The Morgan fingerprint density at radius 1 is 1.06 bits per heavy atom. The van der Waals surface area contributed by atoms with Crippen molar-refractivity contribution in [3.05, 3.63) is 70.3 Å². The number of aliphatic hydroxyl groups is 2. The number of aliphatic hydroxyl groups excluding tert-OH is 2. The lowest BCUT2D eigenvalue weighted by Gasteiger charge is -2.41. The molecule has 5 atom stereocenters. The number of aliphatic carboxylic acids is 1. The SMILES string of the molecule is CS[C@H]1O[C@@H](c2ccc(C)c(Cc3ccc(CC(=O)O)cc3)c2)[C@H](OC(C)=O)[C@@H](O)[C@@H]1O. The van der Waals surface area contributed by atoms with Crippen LogP contribution in [0.2, 0.25) is 0 Å². The molecule has 1 fully saturated rings. The van der Waals surface area contributed by atoms with Gasteiger partial charge in [0.2, 0.25) is 0 Å². The molecule has 0 unspecified atom stereocenters. The Hall–Kier alpha value is -2.39. The van der Waals surface area contributed by atoms with Gasteiger partial charge in [-0.1, -0.05) is 42.5 Å². The van der Waals surface area contributed by atoms with Crippen LogP contribution in [0, 0.1) is 6.92 Å². The highest BCUT2D eigenvalue weighted by Gasteiger charge is 2.46. The molecule has 32 heavy (non-hydrogen) atoms. The Balaban J connectivity index is 1.88. The molecular formula is C24H28O7S. The van der Waals surface area contributed by atoms with Crippen LogP contribution in [-0.2, 0) is 31.9 Å². The Kier molecular flexibility index (Phi) is 7.95. The zero-order valence-electron chi connectivity index (χ0n) is 18.2. The third-order valence-corrected chi connectivity index (χ3v) is 6.41. The number of carbonyl (C=O) groups is 2. The van der Waals surface area contributed by atoms with E-state index in [1.807, 2.05) is 49.4 Å². The molecule has 8 heteroatoms. The van der Waals surface area contributed by atoms with E-state index in [1.54, 1.807) is 6.26 Å². The molecule has 172 valence electrons. The Morgan fingerprint density at radius 3 is 2.31 bits per heavy atom. The number of carbonyl (C=O) groups excluding carboxylic acids is 1. The summed E-state index contributed by atoms with van der Waals surface area (Å²) in [5.74, 6) is -1.43.